The summed E-state index contributed by atoms with van der Waals surface area (Å²) < 4.78 is 55.0. The van der Waals surface area contributed by atoms with Crippen molar-refractivity contribution in [3.63, 3.8) is 0 Å². The highest BCUT2D eigenvalue weighted by Crippen LogP contribution is 2.34. The first-order valence-electron chi connectivity index (χ1n) is 16.1. The summed E-state index contributed by atoms with van der Waals surface area (Å²) in [5.74, 6) is 1.16. The maximum atomic E-state index is 13.0. The van der Waals surface area contributed by atoms with Gasteiger partial charge in [0.2, 0.25) is 0 Å². The molecule has 0 bridgehead atoms. The van der Waals surface area contributed by atoms with E-state index >= 15 is 0 Å². The van der Waals surface area contributed by atoms with E-state index in [0.717, 1.165) is 80.9 Å². The standard InChI is InChI=1S/C33H41F3N8OS2/c1-21(42-11-13-43(14-12-42)47(4)45)19-44-26(18-37)15-28-22(2)24(5-6-30(28)44)20-41-9-7-25(8-10-41)40-31-29-16-27(17-33(34,35)36)46-32(29)39-23(3)38-31/h5-6,15-16,21,25H,7-14,17,19-20H2,1-4H3,(H,38,39,40)/t21-,47?/m0/s1. The number of piperazine rings is 1. The van der Waals surface area contributed by atoms with Crippen LogP contribution in [0.15, 0.2) is 24.3 Å². The molecule has 0 aliphatic carbocycles. The fourth-order valence-electron chi connectivity index (χ4n) is 6.91. The summed E-state index contributed by atoms with van der Waals surface area (Å²) >= 11 is 1.08. The second-order valence-electron chi connectivity index (χ2n) is 12.8. The molecule has 2 fully saturated rings. The molecular weight excluding hydrogens is 646 g/mol. The van der Waals surface area contributed by atoms with Crippen LogP contribution in [-0.4, -0.2) is 96.6 Å². The Balaban J connectivity index is 1.09. The molecule has 4 aromatic rings. The Labute approximate surface area is 280 Å². The van der Waals surface area contributed by atoms with Gasteiger partial charge in [-0.15, -0.1) is 11.3 Å². The Kier molecular flexibility index (Phi) is 9.92. The van der Waals surface area contributed by atoms with Crippen LogP contribution in [0.25, 0.3) is 21.1 Å². The molecule has 1 N–H and O–H groups in total. The van der Waals surface area contributed by atoms with Crippen molar-refractivity contribution in [3.05, 3.63) is 51.8 Å². The van der Waals surface area contributed by atoms with Gasteiger partial charge < -0.3 is 9.88 Å². The van der Waals surface area contributed by atoms with E-state index < -0.39 is 23.6 Å². The third-order valence-corrected chi connectivity index (χ3v) is 11.7. The van der Waals surface area contributed by atoms with Crippen LogP contribution in [0, 0.1) is 25.2 Å². The maximum absolute atomic E-state index is 13.0. The molecule has 1 aromatic carbocycles. The van der Waals surface area contributed by atoms with Crippen molar-refractivity contribution in [3.8, 4) is 6.07 Å². The van der Waals surface area contributed by atoms with Crippen molar-refractivity contribution < 1.29 is 17.4 Å². The summed E-state index contributed by atoms with van der Waals surface area (Å²) in [6, 6.07) is 10.8. The number of piperidine rings is 1. The van der Waals surface area contributed by atoms with Crippen LogP contribution in [0.2, 0.25) is 0 Å². The molecule has 3 aromatic heterocycles. The van der Waals surface area contributed by atoms with Crippen molar-refractivity contribution in [2.24, 2.45) is 0 Å². The highest BCUT2D eigenvalue weighted by atomic mass is 32.2. The highest BCUT2D eigenvalue weighted by Gasteiger charge is 2.30. The fourth-order valence-corrected chi connectivity index (χ4v) is 8.69. The number of alkyl halides is 3. The number of aryl methyl sites for hydroxylation is 2. The van der Waals surface area contributed by atoms with Gasteiger partial charge in [0, 0.05) is 86.5 Å². The average molecular weight is 687 g/mol. The highest BCUT2D eigenvalue weighted by molar-refractivity contribution is 7.81. The number of rotatable bonds is 9. The number of hydrogen-bond acceptors (Lipinski definition) is 8. The Hall–Kier alpha value is -3.09. The molecular formula is C33H41F3N8OS2. The third-order valence-electron chi connectivity index (χ3n) is 9.54. The molecule has 2 aliphatic rings. The van der Waals surface area contributed by atoms with Gasteiger partial charge in [0.25, 0.3) is 0 Å². The van der Waals surface area contributed by atoms with Gasteiger partial charge >= 0.3 is 6.18 Å². The van der Waals surface area contributed by atoms with Crippen molar-refractivity contribution in [2.75, 3.05) is 50.8 Å². The predicted octanol–water partition coefficient (Wildman–Crippen LogP) is 5.62. The molecule has 9 nitrogen and oxygen atoms in total. The normalized spacial score (nSPS) is 18.9. The molecule has 5 heterocycles. The summed E-state index contributed by atoms with van der Waals surface area (Å²) in [4.78, 5) is 14.6. The Morgan fingerprint density at radius 3 is 2.47 bits per heavy atom. The summed E-state index contributed by atoms with van der Waals surface area (Å²) in [5.41, 5.74) is 4.17. The molecule has 2 aliphatic heterocycles. The summed E-state index contributed by atoms with van der Waals surface area (Å²) in [7, 11) is -0.943. The van der Waals surface area contributed by atoms with Crippen LogP contribution in [0.5, 0.6) is 0 Å². The van der Waals surface area contributed by atoms with Gasteiger partial charge in [-0.25, -0.2) is 18.5 Å². The summed E-state index contributed by atoms with van der Waals surface area (Å²) in [6.07, 6.45) is -1.71. The van der Waals surface area contributed by atoms with E-state index in [1.54, 1.807) is 19.2 Å². The van der Waals surface area contributed by atoms with Crippen LogP contribution in [0.1, 0.15) is 47.3 Å². The number of nitrogens with zero attached hydrogens (tertiary/aromatic N) is 7. The lowest BCUT2D eigenvalue weighted by atomic mass is 10.0. The van der Waals surface area contributed by atoms with E-state index in [0.29, 0.717) is 34.1 Å². The number of nitriles is 1. The molecule has 47 heavy (non-hydrogen) atoms. The number of likely N-dealkylation sites (tertiary alicyclic amines) is 1. The van der Waals surface area contributed by atoms with E-state index in [9.17, 15) is 22.6 Å². The topological polar surface area (TPSA) is 93.3 Å². The zero-order valence-electron chi connectivity index (χ0n) is 27.2. The third kappa shape index (κ3) is 7.65. The lowest BCUT2D eigenvalue weighted by Crippen LogP contribution is -2.50. The molecule has 2 atom stereocenters. The molecule has 1 unspecified atom stereocenters. The molecule has 0 amide bonds. The van der Waals surface area contributed by atoms with Gasteiger partial charge in [-0.1, -0.05) is 6.07 Å². The van der Waals surface area contributed by atoms with E-state index in [2.05, 4.69) is 61.7 Å². The zero-order chi connectivity index (χ0) is 33.5. The molecule has 252 valence electrons. The monoisotopic (exact) mass is 686 g/mol. The number of hydrogen-bond donors (Lipinski definition) is 1. The summed E-state index contributed by atoms with van der Waals surface area (Å²) in [5, 5.41) is 15.3. The number of thiophene rings is 1. The van der Waals surface area contributed by atoms with Crippen LogP contribution >= 0.6 is 11.3 Å². The van der Waals surface area contributed by atoms with Crippen molar-refractivity contribution >= 4 is 49.3 Å². The van der Waals surface area contributed by atoms with Gasteiger partial charge in [-0.3, -0.25) is 9.80 Å². The summed E-state index contributed by atoms with van der Waals surface area (Å²) in [6.45, 7) is 12.7. The number of benzene rings is 1. The molecule has 6 rings (SSSR count). The minimum atomic E-state index is -4.26. The van der Waals surface area contributed by atoms with Crippen molar-refractivity contribution in [1.29, 1.82) is 5.26 Å². The quantitative estimate of drug-likeness (QED) is 0.245. The minimum Gasteiger partial charge on any atom is -0.367 e. The number of fused-ring (bicyclic) bond motifs is 2. The van der Waals surface area contributed by atoms with E-state index in [1.165, 1.54) is 11.1 Å². The largest absolute Gasteiger partial charge is 0.393 e. The smallest absolute Gasteiger partial charge is 0.367 e. The first kappa shape index (κ1) is 33.8. The minimum absolute atomic E-state index is 0.166. The molecule has 0 spiro atoms. The van der Waals surface area contributed by atoms with Crippen molar-refractivity contribution in [1.82, 2.24) is 28.6 Å². The SMILES string of the molecule is Cc1nc(NC2CCN(Cc3ccc4c(cc(C#N)n4C[C@H](C)N4CCN(S(C)=O)CC4)c3C)CC2)c2cc(CC(F)(F)F)sc2n1. The molecule has 0 radical (unpaired) electrons. The number of aromatic nitrogens is 3. The number of anilines is 1. The Morgan fingerprint density at radius 2 is 1.81 bits per heavy atom. The lowest BCUT2D eigenvalue weighted by molar-refractivity contribution is -0.126. The molecule has 0 saturated carbocycles. The van der Waals surface area contributed by atoms with Crippen LogP contribution in [-0.2, 0) is 30.5 Å². The van der Waals surface area contributed by atoms with E-state index in [-0.39, 0.29) is 17.0 Å². The maximum Gasteiger partial charge on any atom is 0.393 e. The van der Waals surface area contributed by atoms with Crippen LogP contribution < -0.4 is 5.32 Å². The van der Waals surface area contributed by atoms with Gasteiger partial charge in [0.05, 0.1) is 22.8 Å². The van der Waals surface area contributed by atoms with Gasteiger partial charge in [0.1, 0.15) is 28.2 Å². The fraction of sp³-hybridized carbons (Fsp3) is 0.545. The predicted molar refractivity (Wildman–Crippen MR) is 182 cm³/mol. The molecule has 2 saturated heterocycles. The Morgan fingerprint density at radius 1 is 1.09 bits per heavy atom. The first-order chi connectivity index (χ1) is 22.4. The van der Waals surface area contributed by atoms with E-state index in [1.807, 2.05) is 10.4 Å². The average Bonchev–Trinajstić information content (AvgIpc) is 3.59. The van der Waals surface area contributed by atoms with Crippen molar-refractivity contribution in [2.45, 2.75) is 71.4 Å². The Bertz CT molecular complexity index is 1810. The van der Waals surface area contributed by atoms with Gasteiger partial charge in [-0.2, -0.15) is 18.4 Å². The molecule has 14 heteroatoms. The number of nitrogens with one attached hydrogen (secondary N) is 1. The first-order valence-corrected chi connectivity index (χ1v) is 18.4. The van der Waals surface area contributed by atoms with Gasteiger partial charge in [0.15, 0.2) is 0 Å². The second-order valence-corrected chi connectivity index (χ2v) is 15.3. The van der Waals surface area contributed by atoms with Crippen LogP contribution in [0.4, 0.5) is 19.0 Å². The van der Waals surface area contributed by atoms with Gasteiger partial charge in [-0.05, 0) is 62.9 Å². The zero-order valence-corrected chi connectivity index (χ0v) is 28.9. The van der Waals surface area contributed by atoms with Crippen LogP contribution in [0.3, 0.4) is 0 Å². The lowest BCUT2D eigenvalue weighted by Gasteiger charge is -2.37. The second kappa shape index (κ2) is 13.8. The number of halogens is 3. The van der Waals surface area contributed by atoms with E-state index in [4.69, 9.17) is 0 Å².